The summed E-state index contributed by atoms with van der Waals surface area (Å²) in [5, 5.41) is 2.84. The van der Waals surface area contributed by atoms with Gasteiger partial charge in [0.15, 0.2) is 0 Å². The van der Waals surface area contributed by atoms with Gasteiger partial charge in [0.1, 0.15) is 11.4 Å². The molecule has 3 N–H and O–H groups in total. The van der Waals surface area contributed by atoms with Crippen LogP contribution in [0.1, 0.15) is 33.7 Å². The van der Waals surface area contributed by atoms with E-state index in [0.717, 1.165) is 29.0 Å². The summed E-state index contributed by atoms with van der Waals surface area (Å²) in [5.74, 6) is -3.44. The minimum absolute atomic E-state index is 0.0314. The normalized spacial score (nSPS) is 17.2. The van der Waals surface area contributed by atoms with Crippen molar-refractivity contribution in [3.8, 4) is 22.3 Å². The van der Waals surface area contributed by atoms with Gasteiger partial charge in [0.2, 0.25) is 0 Å². The number of anilines is 1. The van der Waals surface area contributed by atoms with Gasteiger partial charge in [-0.15, -0.1) is 0 Å². The Kier molecular flexibility index (Phi) is 8.07. The zero-order valence-electron chi connectivity index (χ0n) is 22.6. The molecule has 1 fully saturated rings. The summed E-state index contributed by atoms with van der Waals surface area (Å²) in [5.41, 5.74) is 9.41. The van der Waals surface area contributed by atoms with E-state index in [1.54, 1.807) is 35.4 Å². The first-order chi connectivity index (χ1) is 19.9. The number of rotatable bonds is 6. The lowest BCUT2D eigenvalue weighted by molar-refractivity contribution is -0.141. The highest BCUT2D eigenvalue weighted by Gasteiger charge is 2.41. The fraction of sp³-hybridized carbons (Fsp3) is 0.258. The molecule has 42 heavy (non-hydrogen) atoms. The highest BCUT2D eigenvalue weighted by Crippen LogP contribution is 2.32. The average molecular weight is 582 g/mol. The first kappa shape index (κ1) is 29.3. The number of nitrogens with zero attached hydrogens (tertiary/aromatic N) is 3. The Labute approximate surface area is 239 Å². The Morgan fingerprint density at radius 3 is 2.43 bits per heavy atom. The molecule has 0 bridgehead atoms. The lowest BCUT2D eigenvalue weighted by atomic mass is 9.99. The van der Waals surface area contributed by atoms with Crippen LogP contribution in [0.15, 0.2) is 79.1 Å². The summed E-state index contributed by atoms with van der Waals surface area (Å²) in [4.78, 5) is 22.9. The highest BCUT2D eigenvalue weighted by molar-refractivity contribution is 6.04. The average Bonchev–Trinajstić information content (AvgIpc) is 2.95. The number of carbonyl (C=O) groups excluding carboxylic acids is 1. The number of hydrogen-bond donors (Lipinski definition) is 2. The molecule has 4 aromatic rings. The van der Waals surface area contributed by atoms with Crippen LogP contribution in [0.5, 0.6) is 0 Å². The zero-order chi connectivity index (χ0) is 30.1. The van der Waals surface area contributed by atoms with Gasteiger partial charge in [-0.05, 0) is 65.1 Å². The van der Waals surface area contributed by atoms with Gasteiger partial charge in [-0.3, -0.25) is 19.7 Å². The number of piperidine rings is 1. The molecule has 6 nitrogen and oxygen atoms in total. The Balaban J connectivity index is 1.45. The van der Waals surface area contributed by atoms with Crippen molar-refractivity contribution < 1.29 is 26.7 Å². The minimum atomic E-state index is -4.59. The molecule has 11 heteroatoms. The van der Waals surface area contributed by atoms with E-state index in [-0.39, 0.29) is 31.7 Å². The zero-order valence-corrected chi connectivity index (χ0v) is 22.6. The number of aryl methyl sites for hydroxylation is 1. The Morgan fingerprint density at radius 1 is 1.00 bits per heavy atom. The van der Waals surface area contributed by atoms with Gasteiger partial charge in [-0.25, -0.2) is 8.78 Å². The molecule has 3 heterocycles. The van der Waals surface area contributed by atoms with E-state index >= 15 is 0 Å². The number of nitrogens with two attached hydrogens (primary N) is 1. The number of halogens is 5. The van der Waals surface area contributed by atoms with E-state index < -0.39 is 29.7 Å². The number of carbonyl (C=O) groups is 1. The maximum atomic E-state index is 14.0. The molecular formula is C31H28F5N5O. The molecule has 0 unspecified atom stereocenters. The van der Waals surface area contributed by atoms with E-state index in [0.29, 0.717) is 22.4 Å². The van der Waals surface area contributed by atoms with E-state index in [2.05, 4.69) is 15.3 Å². The second kappa shape index (κ2) is 11.6. The van der Waals surface area contributed by atoms with Crippen LogP contribution >= 0.6 is 0 Å². The fourth-order valence-electron chi connectivity index (χ4n) is 4.92. The van der Waals surface area contributed by atoms with Crippen molar-refractivity contribution >= 4 is 11.6 Å². The molecule has 5 rings (SSSR count). The largest absolute Gasteiger partial charge is 0.433 e. The van der Waals surface area contributed by atoms with Crippen LogP contribution in [0, 0.1) is 6.92 Å². The van der Waals surface area contributed by atoms with Gasteiger partial charge in [0.25, 0.3) is 11.8 Å². The monoisotopic (exact) mass is 581 g/mol. The van der Waals surface area contributed by atoms with Gasteiger partial charge in [0, 0.05) is 49.7 Å². The van der Waals surface area contributed by atoms with Crippen molar-refractivity contribution in [2.24, 2.45) is 5.73 Å². The predicted molar refractivity (Wildman–Crippen MR) is 150 cm³/mol. The summed E-state index contributed by atoms with van der Waals surface area (Å²) in [6.45, 7) is 2.23. The van der Waals surface area contributed by atoms with Gasteiger partial charge in [-0.2, -0.15) is 13.2 Å². The summed E-state index contributed by atoms with van der Waals surface area (Å²) in [7, 11) is 0. The molecule has 1 aliphatic heterocycles. The van der Waals surface area contributed by atoms with Gasteiger partial charge < -0.3 is 11.1 Å². The van der Waals surface area contributed by atoms with Crippen LogP contribution in [-0.4, -0.2) is 45.8 Å². The molecule has 2 aromatic carbocycles. The number of benzene rings is 2. The molecule has 0 saturated carbocycles. The summed E-state index contributed by atoms with van der Waals surface area (Å²) in [6.07, 6.45) is -2.25. The second-order valence-corrected chi connectivity index (χ2v) is 10.4. The van der Waals surface area contributed by atoms with E-state index in [9.17, 15) is 26.7 Å². The molecule has 0 radical (unpaired) electrons. The number of aromatic nitrogens is 2. The molecule has 1 saturated heterocycles. The quantitative estimate of drug-likeness (QED) is 0.252. The van der Waals surface area contributed by atoms with Crippen molar-refractivity contribution in [3.63, 3.8) is 0 Å². The predicted octanol–water partition coefficient (Wildman–Crippen LogP) is 6.56. The number of pyridine rings is 2. The van der Waals surface area contributed by atoms with Crippen LogP contribution in [0.25, 0.3) is 22.3 Å². The van der Waals surface area contributed by atoms with Crippen LogP contribution < -0.4 is 11.1 Å². The molecule has 0 spiro atoms. The Hall–Kier alpha value is -4.22. The number of amides is 1. The van der Waals surface area contributed by atoms with Crippen molar-refractivity contribution in [2.45, 2.75) is 38.0 Å². The summed E-state index contributed by atoms with van der Waals surface area (Å²) >= 11 is 0. The third-order valence-corrected chi connectivity index (χ3v) is 7.22. The maximum Gasteiger partial charge on any atom is 0.433 e. The van der Waals surface area contributed by atoms with Gasteiger partial charge >= 0.3 is 6.18 Å². The third-order valence-electron chi connectivity index (χ3n) is 7.22. The highest BCUT2D eigenvalue weighted by atomic mass is 19.4. The second-order valence-electron chi connectivity index (χ2n) is 10.4. The molecule has 218 valence electrons. The van der Waals surface area contributed by atoms with Crippen LogP contribution in [0.4, 0.5) is 27.6 Å². The van der Waals surface area contributed by atoms with E-state index in [1.807, 2.05) is 37.3 Å². The van der Waals surface area contributed by atoms with Crippen molar-refractivity contribution in [1.29, 1.82) is 0 Å². The minimum Gasteiger partial charge on any atom is -0.322 e. The lowest BCUT2D eigenvalue weighted by Gasteiger charge is -2.36. The SMILES string of the molecule is Cc1cnc(C(=O)Nc2cc(CN3CCC(F)(F)[C@H](N)C3)cc(-c3ccc(C(F)(F)F)nc3)c2)cc1-c1ccccc1. The van der Waals surface area contributed by atoms with E-state index in [1.165, 1.54) is 6.07 Å². The van der Waals surface area contributed by atoms with Gasteiger partial charge in [-0.1, -0.05) is 36.4 Å². The number of nitrogens with one attached hydrogen (secondary N) is 1. The molecule has 2 aromatic heterocycles. The fourth-order valence-corrected chi connectivity index (χ4v) is 4.92. The van der Waals surface area contributed by atoms with E-state index in [4.69, 9.17) is 5.73 Å². The van der Waals surface area contributed by atoms with Gasteiger partial charge in [0.05, 0.1) is 6.04 Å². The molecule has 1 amide bonds. The number of alkyl halides is 5. The summed E-state index contributed by atoms with van der Waals surface area (Å²) < 4.78 is 67.1. The summed E-state index contributed by atoms with van der Waals surface area (Å²) in [6, 6.07) is 17.2. The van der Waals surface area contributed by atoms with Crippen LogP contribution in [0.2, 0.25) is 0 Å². The number of likely N-dealkylation sites (tertiary alicyclic amines) is 1. The molecule has 1 atom stereocenters. The maximum absolute atomic E-state index is 14.0. The number of hydrogen-bond acceptors (Lipinski definition) is 5. The topological polar surface area (TPSA) is 84.1 Å². The van der Waals surface area contributed by atoms with Crippen LogP contribution in [0.3, 0.4) is 0 Å². The van der Waals surface area contributed by atoms with Crippen molar-refractivity contribution in [2.75, 3.05) is 18.4 Å². The molecule has 1 aliphatic rings. The first-order valence-electron chi connectivity index (χ1n) is 13.3. The lowest BCUT2D eigenvalue weighted by Crippen LogP contribution is -2.54. The Morgan fingerprint density at radius 2 is 1.76 bits per heavy atom. The first-order valence-corrected chi connectivity index (χ1v) is 13.3. The molecule has 0 aliphatic carbocycles. The van der Waals surface area contributed by atoms with Crippen LogP contribution in [-0.2, 0) is 12.7 Å². The standard InChI is InChI=1S/C31H28F5N5O/c1-19-15-38-26(14-25(19)21-5-3-2-4-6-21)29(42)40-24-12-20(17-41-10-9-30(32,33)27(37)18-41)11-23(13-24)22-7-8-28(39-16-22)31(34,35)36/h2-8,11-16,27H,9-10,17-18,37H2,1H3,(H,40,42)/t27-/m1/s1. The van der Waals surface area contributed by atoms with Crippen molar-refractivity contribution in [1.82, 2.24) is 14.9 Å². The van der Waals surface area contributed by atoms with Crippen molar-refractivity contribution in [3.05, 3.63) is 102 Å². The smallest absolute Gasteiger partial charge is 0.322 e. The molecular weight excluding hydrogens is 553 g/mol. The third kappa shape index (κ3) is 6.63. The Bertz CT molecular complexity index is 1580.